The minimum atomic E-state index is -0.545. The molecule has 0 heterocycles. The minimum absolute atomic E-state index is 0.169. The van der Waals surface area contributed by atoms with Crippen LogP contribution in [0.5, 0.6) is 5.75 Å². The largest absolute Gasteiger partial charge is 0.480 e. The quantitative estimate of drug-likeness (QED) is 0.877. The number of aryl methyl sites for hydroxylation is 1. The van der Waals surface area contributed by atoms with Crippen LogP contribution >= 0.6 is 0 Å². The van der Waals surface area contributed by atoms with Crippen molar-refractivity contribution in [2.45, 2.75) is 39.8 Å². The van der Waals surface area contributed by atoms with Gasteiger partial charge in [-0.1, -0.05) is 31.2 Å². The average Bonchev–Trinajstić information content (AvgIpc) is 2.55. The third kappa shape index (κ3) is 4.55. The molecule has 4 heteroatoms. The highest BCUT2D eigenvalue weighted by Gasteiger charge is 2.19. The number of hydrogen-bond acceptors (Lipinski definition) is 2. The molecule has 1 amide bonds. The first-order valence-electron chi connectivity index (χ1n) is 7.76. The van der Waals surface area contributed by atoms with Crippen LogP contribution in [0.4, 0.5) is 4.39 Å². The standard InChI is InChI=1S/C19H22FNO2/c1-4-17(23-18-7-5-6-13(2)14(18)3)19(22)21-12-15-8-10-16(20)11-9-15/h5-11,17H,4,12H2,1-3H3,(H,21,22). The van der Waals surface area contributed by atoms with Gasteiger partial charge in [-0.3, -0.25) is 4.79 Å². The molecule has 1 atom stereocenters. The van der Waals surface area contributed by atoms with E-state index in [0.29, 0.717) is 13.0 Å². The topological polar surface area (TPSA) is 38.3 Å². The summed E-state index contributed by atoms with van der Waals surface area (Å²) in [4.78, 5) is 12.3. The summed E-state index contributed by atoms with van der Waals surface area (Å²) in [6, 6.07) is 11.9. The van der Waals surface area contributed by atoms with Crippen molar-refractivity contribution in [3.63, 3.8) is 0 Å². The molecule has 122 valence electrons. The first kappa shape index (κ1) is 17.0. The fourth-order valence-corrected chi connectivity index (χ4v) is 2.23. The van der Waals surface area contributed by atoms with Crippen LogP contribution in [0.1, 0.15) is 30.0 Å². The number of halogens is 1. The van der Waals surface area contributed by atoms with Crippen molar-refractivity contribution in [3.8, 4) is 5.75 Å². The Hall–Kier alpha value is -2.36. The Balaban J connectivity index is 1.98. The molecule has 0 fully saturated rings. The second kappa shape index (κ2) is 7.77. The summed E-state index contributed by atoms with van der Waals surface area (Å²) < 4.78 is 18.7. The van der Waals surface area contributed by atoms with E-state index in [9.17, 15) is 9.18 Å². The second-order valence-electron chi connectivity index (χ2n) is 5.56. The van der Waals surface area contributed by atoms with E-state index in [1.807, 2.05) is 39.0 Å². The molecule has 0 spiro atoms. The van der Waals surface area contributed by atoms with Crippen molar-refractivity contribution in [2.75, 3.05) is 0 Å². The normalized spacial score (nSPS) is 11.8. The summed E-state index contributed by atoms with van der Waals surface area (Å²) >= 11 is 0. The van der Waals surface area contributed by atoms with Crippen molar-refractivity contribution < 1.29 is 13.9 Å². The van der Waals surface area contributed by atoms with E-state index in [-0.39, 0.29) is 11.7 Å². The highest BCUT2D eigenvalue weighted by molar-refractivity contribution is 5.81. The first-order valence-corrected chi connectivity index (χ1v) is 7.76. The predicted octanol–water partition coefficient (Wildman–Crippen LogP) is 3.92. The van der Waals surface area contributed by atoms with Crippen LogP contribution in [0.15, 0.2) is 42.5 Å². The highest BCUT2D eigenvalue weighted by Crippen LogP contribution is 2.22. The molecule has 0 aliphatic heterocycles. The van der Waals surface area contributed by atoms with Crippen molar-refractivity contribution >= 4 is 5.91 Å². The molecular weight excluding hydrogens is 293 g/mol. The molecule has 0 bridgehead atoms. The van der Waals surface area contributed by atoms with E-state index < -0.39 is 6.10 Å². The SMILES string of the molecule is CCC(Oc1cccc(C)c1C)C(=O)NCc1ccc(F)cc1. The fraction of sp³-hybridized carbons (Fsp3) is 0.316. The van der Waals surface area contributed by atoms with Crippen molar-refractivity contribution in [3.05, 3.63) is 65.0 Å². The maximum Gasteiger partial charge on any atom is 0.261 e. The summed E-state index contributed by atoms with van der Waals surface area (Å²) in [5.41, 5.74) is 3.02. The van der Waals surface area contributed by atoms with Crippen molar-refractivity contribution in [1.29, 1.82) is 0 Å². The number of benzene rings is 2. The van der Waals surface area contributed by atoms with Gasteiger partial charge in [0.15, 0.2) is 6.10 Å². The van der Waals surface area contributed by atoms with Crippen LogP contribution in [0.2, 0.25) is 0 Å². The first-order chi connectivity index (χ1) is 11.0. The third-order valence-corrected chi connectivity index (χ3v) is 3.87. The zero-order valence-electron chi connectivity index (χ0n) is 13.7. The van der Waals surface area contributed by atoms with Crippen molar-refractivity contribution in [2.24, 2.45) is 0 Å². The number of nitrogens with one attached hydrogen (secondary N) is 1. The second-order valence-corrected chi connectivity index (χ2v) is 5.56. The van der Waals surface area contributed by atoms with Crippen LogP contribution in [-0.2, 0) is 11.3 Å². The Morgan fingerprint density at radius 3 is 2.52 bits per heavy atom. The van der Waals surface area contributed by atoms with E-state index in [1.165, 1.54) is 12.1 Å². The van der Waals surface area contributed by atoms with Crippen LogP contribution in [0.3, 0.4) is 0 Å². The van der Waals surface area contributed by atoms with Crippen molar-refractivity contribution in [1.82, 2.24) is 5.32 Å². The van der Waals surface area contributed by atoms with Gasteiger partial charge in [-0.25, -0.2) is 4.39 Å². The molecule has 0 saturated carbocycles. The molecule has 0 aliphatic carbocycles. The smallest absolute Gasteiger partial charge is 0.261 e. The van der Waals surface area contributed by atoms with Gasteiger partial charge in [0, 0.05) is 6.54 Å². The summed E-state index contributed by atoms with van der Waals surface area (Å²) in [5.74, 6) is 0.274. The molecule has 2 aromatic carbocycles. The van der Waals surface area contributed by atoms with Crippen LogP contribution < -0.4 is 10.1 Å². The lowest BCUT2D eigenvalue weighted by Crippen LogP contribution is -2.37. The molecule has 0 saturated heterocycles. The van der Waals surface area contributed by atoms with Gasteiger partial charge in [-0.15, -0.1) is 0 Å². The number of amides is 1. The number of hydrogen-bond donors (Lipinski definition) is 1. The van der Waals surface area contributed by atoms with E-state index in [1.54, 1.807) is 12.1 Å². The lowest BCUT2D eigenvalue weighted by molar-refractivity contribution is -0.128. The molecule has 0 radical (unpaired) electrons. The molecule has 1 unspecified atom stereocenters. The van der Waals surface area contributed by atoms with Gasteiger partial charge in [0.25, 0.3) is 5.91 Å². The van der Waals surface area contributed by atoms with Crippen LogP contribution in [0, 0.1) is 19.7 Å². The molecule has 0 aliphatic rings. The Kier molecular flexibility index (Phi) is 5.74. The Morgan fingerprint density at radius 1 is 1.17 bits per heavy atom. The minimum Gasteiger partial charge on any atom is -0.480 e. The Labute approximate surface area is 136 Å². The molecule has 2 rings (SSSR count). The molecule has 23 heavy (non-hydrogen) atoms. The van der Waals surface area contributed by atoms with E-state index >= 15 is 0 Å². The summed E-state index contributed by atoms with van der Waals surface area (Å²) in [7, 11) is 0. The van der Waals surface area contributed by atoms with Gasteiger partial charge < -0.3 is 10.1 Å². The number of rotatable bonds is 6. The number of carbonyl (C=O) groups is 1. The molecule has 2 aromatic rings. The monoisotopic (exact) mass is 315 g/mol. The van der Waals surface area contributed by atoms with E-state index in [4.69, 9.17) is 4.74 Å². The lowest BCUT2D eigenvalue weighted by atomic mass is 10.1. The molecule has 3 nitrogen and oxygen atoms in total. The van der Waals surface area contributed by atoms with Gasteiger partial charge in [-0.05, 0) is 55.2 Å². The summed E-state index contributed by atoms with van der Waals surface area (Å²) in [5, 5.41) is 2.84. The molecular formula is C19H22FNO2. The van der Waals surface area contributed by atoms with Gasteiger partial charge in [0.05, 0.1) is 0 Å². The van der Waals surface area contributed by atoms with E-state index in [0.717, 1.165) is 22.4 Å². The third-order valence-electron chi connectivity index (χ3n) is 3.87. The fourth-order valence-electron chi connectivity index (χ4n) is 2.23. The van der Waals surface area contributed by atoms with Crippen LogP contribution in [-0.4, -0.2) is 12.0 Å². The summed E-state index contributed by atoms with van der Waals surface area (Å²) in [6.07, 6.45) is 0.0266. The Bertz CT molecular complexity index is 668. The average molecular weight is 315 g/mol. The van der Waals surface area contributed by atoms with Gasteiger partial charge >= 0.3 is 0 Å². The maximum atomic E-state index is 12.9. The number of ether oxygens (including phenoxy) is 1. The van der Waals surface area contributed by atoms with Gasteiger partial charge in [-0.2, -0.15) is 0 Å². The zero-order valence-corrected chi connectivity index (χ0v) is 13.7. The highest BCUT2D eigenvalue weighted by atomic mass is 19.1. The summed E-state index contributed by atoms with van der Waals surface area (Å²) in [6.45, 7) is 6.25. The molecule has 0 aromatic heterocycles. The van der Waals surface area contributed by atoms with Gasteiger partial charge in [0.1, 0.15) is 11.6 Å². The predicted molar refractivity (Wildman–Crippen MR) is 88.9 cm³/mol. The molecule has 1 N–H and O–H groups in total. The van der Waals surface area contributed by atoms with E-state index in [2.05, 4.69) is 5.32 Å². The van der Waals surface area contributed by atoms with Gasteiger partial charge in [0.2, 0.25) is 0 Å². The van der Waals surface area contributed by atoms with Crippen LogP contribution in [0.25, 0.3) is 0 Å². The lowest BCUT2D eigenvalue weighted by Gasteiger charge is -2.19. The maximum absolute atomic E-state index is 12.9. The number of carbonyl (C=O) groups excluding carboxylic acids is 1. The zero-order chi connectivity index (χ0) is 16.8. The Morgan fingerprint density at radius 2 is 1.87 bits per heavy atom.